The predicted molar refractivity (Wildman–Crippen MR) is 90.6 cm³/mol. The second kappa shape index (κ2) is 6.89. The van der Waals surface area contributed by atoms with Crippen LogP contribution in [0.5, 0.6) is 0 Å². The Balaban J connectivity index is 2.53. The molecule has 1 aromatic heterocycles. The molecule has 0 unspecified atom stereocenters. The van der Waals surface area contributed by atoms with E-state index in [1.807, 2.05) is 32.9 Å². The molecule has 0 bridgehead atoms. The van der Waals surface area contributed by atoms with Gasteiger partial charge in [0.25, 0.3) is 0 Å². The molecule has 1 aromatic carbocycles. The van der Waals surface area contributed by atoms with E-state index in [4.69, 9.17) is 16.2 Å². The smallest absolute Gasteiger partial charge is 0.338 e. The molecule has 0 radical (unpaired) electrons. The van der Waals surface area contributed by atoms with Crippen LogP contribution in [0.4, 0.5) is 0 Å². The molecule has 0 atom stereocenters. The van der Waals surface area contributed by atoms with E-state index in [1.165, 1.54) is 0 Å². The van der Waals surface area contributed by atoms with Crippen LogP contribution < -0.4 is 11.5 Å². The van der Waals surface area contributed by atoms with Crippen LogP contribution in [0.15, 0.2) is 36.7 Å². The number of pyridine rings is 1. The van der Waals surface area contributed by atoms with E-state index in [1.54, 1.807) is 24.5 Å². The Morgan fingerprint density at radius 3 is 2.04 bits per heavy atom. The average molecular weight is 313 g/mol. The van der Waals surface area contributed by atoms with Crippen LogP contribution in [0.2, 0.25) is 0 Å². The molecule has 0 aliphatic heterocycles. The van der Waals surface area contributed by atoms with Crippen LogP contribution in [0, 0.1) is 0 Å². The Labute approximate surface area is 136 Å². The topological polar surface area (TPSA) is 91.2 Å². The molecule has 0 spiro atoms. The second-order valence-corrected chi connectivity index (χ2v) is 6.32. The quantitative estimate of drug-likeness (QED) is 0.847. The molecule has 5 heteroatoms. The summed E-state index contributed by atoms with van der Waals surface area (Å²) in [5.74, 6) is -0.372. The van der Waals surface area contributed by atoms with Gasteiger partial charge < -0.3 is 16.2 Å². The molecular formula is C18H23N3O2. The first kappa shape index (κ1) is 17.1. The highest BCUT2D eigenvalue weighted by atomic mass is 16.6. The third-order valence-corrected chi connectivity index (χ3v) is 3.35. The second-order valence-electron chi connectivity index (χ2n) is 6.32. The number of carbonyl (C=O) groups is 1. The Hall–Kier alpha value is -2.24. The molecule has 1 heterocycles. The lowest BCUT2D eigenvalue weighted by atomic mass is 9.92. The molecule has 23 heavy (non-hydrogen) atoms. The van der Waals surface area contributed by atoms with Gasteiger partial charge in [-0.15, -0.1) is 0 Å². The molecular weight excluding hydrogens is 290 g/mol. The van der Waals surface area contributed by atoms with E-state index < -0.39 is 5.60 Å². The Bertz CT molecular complexity index is 666. The van der Waals surface area contributed by atoms with Crippen molar-refractivity contribution in [3.05, 3.63) is 53.3 Å². The first-order chi connectivity index (χ1) is 10.9. The van der Waals surface area contributed by atoms with E-state index >= 15 is 0 Å². The number of hydrogen-bond acceptors (Lipinski definition) is 5. The fourth-order valence-corrected chi connectivity index (χ4v) is 2.43. The van der Waals surface area contributed by atoms with Gasteiger partial charge in [0.15, 0.2) is 0 Å². The summed E-state index contributed by atoms with van der Waals surface area (Å²) >= 11 is 0. The molecule has 2 rings (SSSR count). The predicted octanol–water partition coefficient (Wildman–Crippen LogP) is 2.62. The molecule has 5 nitrogen and oxygen atoms in total. The fourth-order valence-electron chi connectivity index (χ4n) is 2.43. The number of nitrogens with zero attached hydrogens (tertiary/aromatic N) is 1. The number of rotatable bonds is 4. The van der Waals surface area contributed by atoms with Crippen molar-refractivity contribution in [1.82, 2.24) is 4.98 Å². The number of aromatic nitrogens is 1. The van der Waals surface area contributed by atoms with Crippen molar-refractivity contribution in [2.75, 3.05) is 0 Å². The number of esters is 1. The Kier molecular flexibility index (Phi) is 5.13. The number of ether oxygens (including phenoxy) is 1. The lowest BCUT2D eigenvalue weighted by Gasteiger charge is -2.21. The lowest BCUT2D eigenvalue weighted by Crippen LogP contribution is -2.24. The van der Waals surface area contributed by atoms with Gasteiger partial charge >= 0.3 is 5.97 Å². The Morgan fingerprint density at radius 1 is 1.09 bits per heavy atom. The standard InChI is InChI=1S/C18H23N3O2/c1-18(2,3)23-17(22)13-8-14(10-19)16(15(9-13)11-20)12-4-6-21-7-5-12/h4-9H,10-11,19-20H2,1-3H3. The maximum absolute atomic E-state index is 12.3. The molecule has 0 aliphatic rings. The zero-order chi connectivity index (χ0) is 17.0. The van der Waals surface area contributed by atoms with Crippen LogP contribution in [-0.4, -0.2) is 16.6 Å². The largest absolute Gasteiger partial charge is 0.456 e. The van der Waals surface area contributed by atoms with Crippen LogP contribution in [0.1, 0.15) is 42.3 Å². The SMILES string of the molecule is CC(C)(C)OC(=O)c1cc(CN)c(-c2ccncc2)c(CN)c1. The monoisotopic (exact) mass is 313 g/mol. The van der Waals surface area contributed by atoms with Gasteiger partial charge in [-0.3, -0.25) is 4.98 Å². The number of carbonyl (C=O) groups excluding carboxylic acids is 1. The van der Waals surface area contributed by atoms with Crippen molar-refractivity contribution >= 4 is 5.97 Å². The molecule has 0 fully saturated rings. The fraction of sp³-hybridized carbons (Fsp3) is 0.333. The van der Waals surface area contributed by atoms with Crippen molar-refractivity contribution in [1.29, 1.82) is 0 Å². The third kappa shape index (κ3) is 4.15. The molecule has 0 saturated heterocycles. The van der Waals surface area contributed by atoms with Crippen LogP contribution in [0.25, 0.3) is 11.1 Å². The Morgan fingerprint density at radius 2 is 1.61 bits per heavy atom. The van der Waals surface area contributed by atoms with Gasteiger partial charge in [-0.05, 0) is 67.3 Å². The minimum absolute atomic E-state index is 0.307. The van der Waals surface area contributed by atoms with Gasteiger partial charge in [-0.2, -0.15) is 0 Å². The zero-order valence-corrected chi connectivity index (χ0v) is 13.8. The first-order valence-electron chi connectivity index (χ1n) is 7.55. The van der Waals surface area contributed by atoms with Crippen LogP contribution in [0.3, 0.4) is 0 Å². The van der Waals surface area contributed by atoms with Crippen molar-refractivity contribution < 1.29 is 9.53 Å². The van der Waals surface area contributed by atoms with Crippen molar-refractivity contribution in [2.45, 2.75) is 39.5 Å². The van der Waals surface area contributed by atoms with E-state index in [-0.39, 0.29) is 5.97 Å². The summed E-state index contributed by atoms with van der Waals surface area (Å²) < 4.78 is 5.44. The van der Waals surface area contributed by atoms with Crippen LogP contribution in [-0.2, 0) is 17.8 Å². The van der Waals surface area contributed by atoms with E-state index in [0.29, 0.717) is 18.7 Å². The summed E-state index contributed by atoms with van der Waals surface area (Å²) in [6.45, 7) is 6.13. The minimum atomic E-state index is -0.549. The highest BCUT2D eigenvalue weighted by molar-refractivity contribution is 5.91. The highest BCUT2D eigenvalue weighted by Crippen LogP contribution is 2.29. The number of hydrogen-bond donors (Lipinski definition) is 2. The van der Waals surface area contributed by atoms with Crippen LogP contribution >= 0.6 is 0 Å². The lowest BCUT2D eigenvalue weighted by molar-refractivity contribution is 0.00693. The van der Waals surface area contributed by atoms with Gasteiger partial charge in [-0.25, -0.2) is 4.79 Å². The molecule has 2 aromatic rings. The number of benzene rings is 1. The van der Waals surface area contributed by atoms with Crippen molar-refractivity contribution in [3.8, 4) is 11.1 Å². The van der Waals surface area contributed by atoms with E-state index in [0.717, 1.165) is 22.3 Å². The molecule has 0 aliphatic carbocycles. The molecule has 0 amide bonds. The summed E-state index contributed by atoms with van der Waals surface area (Å²) in [7, 11) is 0. The summed E-state index contributed by atoms with van der Waals surface area (Å²) in [4.78, 5) is 16.4. The average Bonchev–Trinajstić information content (AvgIpc) is 2.52. The third-order valence-electron chi connectivity index (χ3n) is 3.35. The van der Waals surface area contributed by atoms with Crippen molar-refractivity contribution in [2.24, 2.45) is 11.5 Å². The first-order valence-corrected chi connectivity index (χ1v) is 7.55. The van der Waals surface area contributed by atoms with Gasteiger partial charge in [0.05, 0.1) is 5.56 Å². The van der Waals surface area contributed by atoms with E-state index in [9.17, 15) is 4.79 Å². The highest BCUT2D eigenvalue weighted by Gasteiger charge is 2.20. The van der Waals surface area contributed by atoms with Gasteiger partial charge in [0.1, 0.15) is 5.60 Å². The molecule has 0 saturated carbocycles. The normalized spacial score (nSPS) is 11.3. The van der Waals surface area contributed by atoms with E-state index in [2.05, 4.69) is 4.98 Å². The summed E-state index contributed by atoms with van der Waals surface area (Å²) in [6, 6.07) is 7.37. The maximum Gasteiger partial charge on any atom is 0.338 e. The van der Waals surface area contributed by atoms with Gasteiger partial charge in [0.2, 0.25) is 0 Å². The minimum Gasteiger partial charge on any atom is -0.456 e. The summed E-state index contributed by atoms with van der Waals surface area (Å²) in [6.07, 6.45) is 3.44. The molecule has 122 valence electrons. The maximum atomic E-state index is 12.3. The van der Waals surface area contributed by atoms with Gasteiger partial charge in [-0.1, -0.05) is 0 Å². The molecule has 4 N–H and O–H groups in total. The van der Waals surface area contributed by atoms with Crippen molar-refractivity contribution in [3.63, 3.8) is 0 Å². The summed E-state index contributed by atoms with van der Waals surface area (Å²) in [5, 5.41) is 0. The zero-order valence-electron chi connectivity index (χ0n) is 13.8. The van der Waals surface area contributed by atoms with Gasteiger partial charge in [0, 0.05) is 25.5 Å². The number of nitrogens with two attached hydrogens (primary N) is 2. The summed E-state index contributed by atoms with van der Waals surface area (Å²) in [5.41, 5.74) is 15.4.